The largest absolute Gasteiger partial charge is 0.445 e. The smallest absolute Gasteiger partial charge is 0.410 e. The van der Waals surface area contributed by atoms with Gasteiger partial charge in [-0.15, -0.1) is 0 Å². The second kappa shape index (κ2) is 10.1. The van der Waals surface area contributed by atoms with Gasteiger partial charge in [-0.05, 0) is 54.6 Å². The predicted molar refractivity (Wildman–Crippen MR) is 148 cm³/mol. The van der Waals surface area contributed by atoms with Gasteiger partial charge in [-0.25, -0.2) is 14.8 Å². The number of hydrogen-bond donors (Lipinski definition) is 1. The van der Waals surface area contributed by atoms with Crippen LogP contribution in [0, 0.1) is 0 Å². The Morgan fingerprint density at radius 2 is 1.76 bits per heavy atom. The number of aromatic amines is 1. The number of nitrogens with one attached hydrogen (secondary N) is 1. The molecular formula is C28H39N5O3Si. The number of piperidine rings is 1. The third-order valence-electron chi connectivity index (χ3n) is 8.44. The molecule has 0 bridgehead atoms. The lowest BCUT2D eigenvalue weighted by Gasteiger charge is -2.39. The SMILES string of the molecule is CC(C)(C)[Si](C)(C)OCc1ccc(COC(=O)N2CCC[C@@H]3C2CCN3c2ncnc3[nH]ccc23)cc1. The lowest BCUT2D eigenvalue weighted by molar-refractivity contribution is 0.0673. The van der Waals surface area contributed by atoms with E-state index in [0.29, 0.717) is 6.61 Å². The number of likely N-dealkylation sites (tertiary alicyclic amines) is 1. The molecule has 2 fully saturated rings. The van der Waals surface area contributed by atoms with Gasteiger partial charge in [-0.3, -0.25) is 0 Å². The number of aromatic nitrogens is 3. The molecule has 2 aromatic heterocycles. The van der Waals surface area contributed by atoms with Crippen molar-refractivity contribution in [1.82, 2.24) is 19.9 Å². The summed E-state index contributed by atoms with van der Waals surface area (Å²) < 4.78 is 12.1. The van der Waals surface area contributed by atoms with Crippen molar-refractivity contribution in [2.45, 2.75) is 83.5 Å². The van der Waals surface area contributed by atoms with E-state index in [1.807, 2.05) is 29.3 Å². The van der Waals surface area contributed by atoms with Crippen LogP contribution in [0.3, 0.4) is 0 Å². The van der Waals surface area contributed by atoms with Crippen LogP contribution in [0.15, 0.2) is 42.9 Å². The first-order valence-electron chi connectivity index (χ1n) is 13.3. The average Bonchev–Trinajstić information content (AvgIpc) is 3.53. The Kier molecular flexibility index (Phi) is 7.02. The van der Waals surface area contributed by atoms with Gasteiger partial charge in [0.15, 0.2) is 8.32 Å². The summed E-state index contributed by atoms with van der Waals surface area (Å²) in [4.78, 5) is 29.5. The Morgan fingerprint density at radius 3 is 2.49 bits per heavy atom. The number of rotatable bonds is 6. The first kappa shape index (κ1) is 25.7. The summed E-state index contributed by atoms with van der Waals surface area (Å²) in [5.41, 5.74) is 2.98. The zero-order chi connectivity index (χ0) is 26.2. The molecule has 2 aliphatic heterocycles. The van der Waals surface area contributed by atoms with Crippen LogP contribution in [0.2, 0.25) is 18.1 Å². The van der Waals surface area contributed by atoms with Crippen LogP contribution in [0.4, 0.5) is 10.6 Å². The summed E-state index contributed by atoms with van der Waals surface area (Å²) in [6.07, 6.45) is 6.20. The number of nitrogens with zero attached hydrogens (tertiary/aromatic N) is 4. The molecule has 5 rings (SSSR count). The molecule has 1 aromatic carbocycles. The molecule has 4 heterocycles. The fraction of sp³-hybridized carbons (Fsp3) is 0.536. The second-order valence-corrected chi connectivity index (χ2v) is 16.6. The number of hydrogen-bond acceptors (Lipinski definition) is 6. The molecule has 3 aromatic rings. The number of anilines is 1. The maximum atomic E-state index is 13.1. The third-order valence-corrected chi connectivity index (χ3v) is 12.9. The maximum Gasteiger partial charge on any atom is 0.410 e. The molecule has 0 spiro atoms. The van der Waals surface area contributed by atoms with E-state index in [4.69, 9.17) is 9.16 Å². The van der Waals surface area contributed by atoms with Crippen molar-refractivity contribution >= 4 is 31.3 Å². The highest BCUT2D eigenvalue weighted by molar-refractivity contribution is 6.74. The number of benzene rings is 1. The van der Waals surface area contributed by atoms with Gasteiger partial charge in [0, 0.05) is 19.3 Å². The molecule has 198 valence electrons. The van der Waals surface area contributed by atoms with Gasteiger partial charge in [-0.1, -0.05) is 45.0 Å². The monoisotopic (exact) mass is 521 g/mol. The minimum Gasteiger partial charge on any atom is -0.445 e. The number of fused-ring (bicyclic) bond motifs is 2. The van der Waals surface area contributed by atoms with E-state index >= 15 is 0 Å². The van der Waals surface area contributed by atoms with Crippen molar-refractivity contribution in [3.63, 3.8) is 0 Å². The van der Waals surface area contributed by atoms with E-state index < -0.39 is 8.32 Å². The lowest BCUT2D eigenvalue weighted by Crippen LogP contribution is -2.52. The van der Waals surface area contributed by atoms with Crippen molar-refractivity contribution in [3.8, 4) is 0 Å². The maximum absolute atomic E-state index is 13.1. The lowest BCUT2D eigenvalue weighted by atomic mass is 9.97. The number of ether oxygens (including phenoxy) is 1. The van der Waals surface area contributed by atoms with E-state index in [1.54, 1.807) is 6.33 Å². The third kappa shape index (κ3) is 5.24. The Morgan fingerprint density at radius 1 is 1.03 bits per heavy atom. The van der Waals surface area contributed by atoms with E-state index in [0.717, 1.165) is 60.3 Å². The molecule has 0 saturated carbocycles. The molecule has 8 nitrogen and oxygen atoms in total. The van der Waals surface area contributed by atoms with Crippen LogP contribution in [-0.2, 0) is 22.4 Å². The van der Waals surface area contributed by atoms with Gasteiger partial charge in [0.05, 0.1) is 24.1 Å². The van der Waals surface area contributed by atoms with Gasteiger partial charge in [0.2, 0.25) is 0 Å². The topological polar surface area (TPSA) is 83.6 Å². The molecule has 2 atom stereocenters. The number of carbonyl (C=O) groups is 1. The molecule has 2 aliphatic rings. The number of H-pyrrole nitrogens is 1. The molecular weight excluding hydrogens is 482 g/mol. The Labute approximate surface area is 220 Å². The first-order valence-corrected chi connectivity index (χ1v) is 16.2. The van der Waals surface area contributed by atoms with Crippen molar-refractivity contribution in [3.05, 3.63) is 54.0 Å². The summed E-state index contributed by atoms with van der Waals surface area (Å²) in [7, 11) is -1.79. The summed E-state index contributed by atoms with van der Waals surface area (Å²) in [6, 6.07) is 10.6. The van der Waals surface area contributed by atoms with E-state index in [2.05, 4.69) is 65.8 Å². The molecule has 2 saturated heterocycles. The summed E-state index contributed by atoms with van der Waals surface area (Å²) in [6.45, 7) is 13.8. The molecule has 37 heavy (non-hydrogen) atoms. The van der Waals surface area contributed by atoms with Crippen LogP contribution < -0.4 is 4.90 Å². The highest BCUT2D eigenvalue weighted by atomic mass is 28.4. The molecule has 1 amide bonds. The number of carbonyl (C=O) groups excluding carboxylic acids is 1. The van der Waals surface area contributed by atoms with Gasteiger partial charge < -0.3 is 23.9 Å². The minimum atomic E-state index is -1.79. The van der Waals surface area contributed by atoms with Crippen LogP contribution >= 0.6 is 0 Å². The highest BCUT2D eigenvalue weighted by Gasteiger charge is 2.43. The molecule has 0 radical (unpaired) electrons. The molecule has 9 heteroatoms. The standard InChI is InChI=1S/C28H39N5O3Si/c1-28(2,3)37(4,5)36-18-21-10-8-20(9-11-21)17-35-27(34)33-15-6-7-23-24(33)13-16-32(23)26-22-12-14-29-25(22)30-19-31-26/h8-12,14,19,23-24H,6-7,13,15-18H2,1-5H3,(H,29,30,31)/t23-,24?/m1/s1. The predicted octanol–water partition coefficient (Wildman–Crippen LogP) is 5.86. The van der Waals surface area contributed by atoms with Crippen molar-refractivity contribution in [2.24, 2.45) is 0 Å². The molecule has 0 aliphatic carbocycles. The Balaban J connectivity index is 1.17. The van der Waals surface area contributed by atoms with Crippen molar-refractivity contribution in [2.75, 3.05) is 18.0 Å². The van der Waals surface area contributed by atoms with E-state index in [9.17, 15) is 4.79 Å². The van der Waals surface area contributed by atoms with Gasteiger partial charge in [0.25, 0.3) is 0 Å². The first-order chi connectivity index (χ1) is 17.6. The van der Waals surface area contributed by atoms with Crippen LogP contribution in [0.5, 0.6) is 0 Å². The zero-order valence-electron chi connectivity index (χ0n) is 22.7. The summed E-state index contributed by atoms with van der Waals surface area (Å²) >= 11 is 0. The van der Waals surface area contributed by atoms with Gasteiger partial charge in [-0.2, -0.15) is 0 Å². The Bertz CT molecular complexity index is 1240. The summed E-state index contributed by atoms with van der Waals surface area (Å²) in [5, 5.41) is 1.22. The van der Waals surface area contributed by atoms with E-state index in [-0.39, 0.29) is 29.8 Å². The van der Waals surface area contributed by atoms with Crippen LogP contribution in [0.25, 0.3) is 11.0 Å². The zero-order valence-corrected chi connectivity index (χ0v) is 23.7. The minimum absolute atomic E-state index is 0.139. The summed E-state index contributed by atoms with van der Waals surface area (Å²) in [5.74, 6) is 0.951. The molecule has 1 N–H and O–H groups in total. The molecule has 1 unspecified atom stereocenters. The Hall–Kier alpha value is -2.91. The van der Waals surface area contributed by atoms with Crippen LogP contribution in [-0.4, -0.2) is 59.4 Å². The fourth-order valence-corrected chi connectivity index (χ4v) is 6.16. The van der Waals surface area contributed by atoms with Gasteiger partial charge >= 0.3 is 6.09 Å². The highest BCUT2D eigenvalue weighted by Crippen LogP contribution is 2.38. The normalized spacial score (nSPS) is 20.4. The van der Waals surface area contributed by atoms with Crippen molar-refractivity contribution < 1.29 is 14.0 Å². The van der Waals surface area contributed by atoms with E-state index in [1.165, 1.54) is 0 Å². The average molecular weight is 522 g/mol. The number of amides is 1. The quantitative estimate of drug-likeness (QED) is 0.409. The second-order valence-electron chi connectivity index (χ2n) is 11.8. The van der Waals surface area contributed by atoms with Crippen LogP contribution in [0.1, 0.15) is 51.2 Å². The van der Waals surface area contributed by atoms with Crippen molar-refractivity contribution in [1.29, 1.82) is 0 Å². The van der Waals surface area contributed by atoms with Gasteiger partial charge in [0.1, 0.15) is 24.4 Å². The fourth-order valence-electron chi connectivity index (χ4n) is 5.20.